The van der Waals surface area contributed by atoms with E-state index in [1.807, 2.05) is 66.1 Å². The zero-order valence-electron chi connectivity index (χ0n) is 14.9. The monoisotopic (exact) mass is 368 g/mol. The van der Waals surface area contributed by atoms with Crippen molar-refractivity contribution in [2.75, 3.05) is 19.1 Å². The predicted molar refractivity (Wildman–Crippen MR) is 103 cm³/mol. The normalized spacial score (nSPS) is 11.8. The fourth-order valence-electron chi connectivity index (χ4n) is 2.56. The highest BCUT2D eigenvalue weighted by molar-refractivity contribution is 8.00. The van der Waals surface area contributed by atoms with E-state index in [0.29, 0.717) is 5.16 Å². The first-order valence-electron chi connectivity index (χ1n) is 8.14. The molecule has 7 heteroatoms. The molecule has 26 heavy (non-hydrogen) atoms. The first-order valence-corrected chi connectivity index (χ1v) is 9.02. The number of para-hydroxylation sites is 3. The third-order valence-corrected chi connectivity index (χ3v) is 5.01. The Hall–Kier alpha value is -2.80. The third kappa shape index (κ3) is 3.72. The summed E-state index contributed by atoms with van der Waals surface area (Å²) >= 11 is 1.36. The molecule has 134 valence electrons. The molecule has 1 amide bonds. The molecule has 0 fully saturated rings. The van der Waals surface area contributed by atoms with Gasteiger partial charge in [0.2, 0.25) is 5.91 Å². The van der Waals surface area contributed by atoms with Gasteiger partial charge in [0.25, 0.3) is 0 Å². The highest BCUT2D eigenvalue weighted by Crippen LogP contribution is 2.29. The van der Waals surface area contributed by atoms with Gasteiger partial charge in [-0.2, -0.15) is 0 Å². The minimum absolute atomic E-state index is 0.00391. The maximum atomic E-state index is 12.8. The first kappa shape index (κ1) is 18.0. The van der Waals surface area contributed by atoms with Crippen LogP contribution in [0.2, 0.25) is 0 Å². The van der Waals surface area contributed by atoms with E-state index in [4.69, 9.17) is 4.74 Å². The van der Waals surface area contributed by atoms with Crippen LogP contribution in [0.4, 0.5) is 5.69 Å². The Morgan fingerprint density at radius 3 is 2.58 bits per heavy atom. The lowest BCUT2D eigenvalue weighted by Crippen LogP contribution is -2.33. The van der Waals surface area contributed by atoms with Crippen LogP contribution in [0.15, 0.2) is 66.1 Å². The SMILES string of the molecule is COc1ccccc1-n1cnnc1S[C@@H](C)C(=O)N(C)c1ccccc1. The van der Waals surface area contributed by atoms with Crippen molar-refractivity contribution in [3.8, 4) is 11.4 Å². The summed E-state index contributed by atoms with van der Waals surface area (Å²) in [6.07, 6.45) is 1.62. The molecule has 1 heterocycles. The predicted octanol–water partition coefficient (Wildman–Crippen LogP) is 3.42. The molecule has 3 aromatic rings. The summed E-state index contributed by atoms with van der Waals surface area (Å²) in [7, 11) is 3.40. The van der Waals surface area contributed by atoms with Crippen LogP contribution in [-0.2, 0) is 4.79 Å². The number of hydrogen-bond donors (Lipinski definition) is 0. The lowest BCUT2D eigenvalue weighted by Gasteiger charge is -2.21. The van der Waals surface area contributed by atoms with Gasteiger partial charge >= 0.3 is 0 Å². The van der Waals surface area contributed by atoms with Gasteiger partial charge < -0.3 is 9.64 Å². The molecule has 0 spiro atoms. The zero-order valence-corrected chi connectivity index (χ0v) is 15.7. The Bertz CT molecular complexity index is 882. The largest absolute Gasteiger partial charge is 0.495 e. The zero-order chi connectivity index (χ0) is 18.5. The molecule has 0 aliphatic carbocycles. The van der Waals surface area contributed by atoms with Gasteiger partial charge in [-0.3, -0.25) is 9.36 Å². The van der Waals surface area contributed by atoms with E-state index in [1.165, 1.54) is 11.8 Å². The number of nitrogens with zero attached hydrogens (tertiary/aromatic N) is 4. The van der Waals surface area contributed by atoms with Crippen molar-refractivity contribution in [2.24, 2.45) is 0 Å². The lowest BCUT2D eigenvalue weighted by molar-refractivity contribution is -0.117. The van der Waals surface area contributed by atoms with Gasteiger partial charge in [0.1, 0.15) is 12.1 Å². The number of thioether (sulfide) groups is 1. The summed E-state index contributed by atoms with van der Waals surface area (Å²) in [5, 5.41) is 8.49. The molecule has 1 aromatic heterocycles. The molecule has 0 N–H and O–H groups in total. The van der Waals surface area contributed by atoms with Gasteiger partial charge in [0.15, 0.2) is 5.16 Å². The number of amides is 1. The number of rotatable bonds is 6. The van der Waals surface area contributed by atoms with E-state index in [0.717, 1.165) is 17.1 Å². The third-order valence-electron chi connectivity index (χ3n) is 3.97. The molecule has 0 bridgehead atoms. The van der Waals surface area contributed by atoms with Crippen LogP contribution in [0, 0.1) is 0 Å². The van der Waals surface area contributed by atoms with Crippen LogP contribution < -0.4 is 9.64 Å². The van der Waals surface area contributed by atoms with Gasteiger partial charge in [0.05, 0.1) is 18.0 Å². The van der Waals surface area contributed by atoms with Gasteiger partial charge in [-0.15, -0.1) is 10.2 Å². The number of carbonyl (C=O) groups excluding carboxylic acids is 1. The van der Waals surface area contributed by atoms with Crippen molar-refractivity contribution in [1.29, 1.82) is 0 Å². The Morgan fingerprint density at radius 1 is 1.15 bits per heavy atom. The summed E-state index contributed by atoms with van der Waals surface area (Å²) in [5.74, 6) is 0.713. The Kier molecular flexibility index (Phi) is 5.58. The van der Waals surface area contributed by atoms with Crippen LogP contribution in [0.25, 0.3) is 5.69 Å². The first-order chi connectivity index (χ1) is 12.6. The van der Waals surface area contributed by atoms with Gasteiger partial charge in [-0.25, -0.2) is 0 Å². The van der Waals surface area contributed by atoms with Crippen molar-refractivity contribution in [1.82, 2.24) is 14.8 Å². The number of benzene rings is 2. The number of aromatic nitrogens is 3. The number of methoxy groups -OCH3 is 1. The number of anilines is 1. The molecular formula is C19H20N4O2S. The lowest BCUT2D eigenvalue weighted by atomic mass is 10.3. The van der Waals surface area contributed by atoms with Crippen LogP contribution >= 0.6 is 11.8 Å². The molecule has 3 rings (SSSR count). The quantitative estimate of drug-likeness (QED) is 0.624. The van der Waals surface area contributed by atoms with Gasteiger partial charge in [-0.1, -0.05) is 42.1 Å². The Labute approximate surface area is 156 Å². The van der Waals surface area contributed by atoms with Gasteiger partial charge in [-0.05, 0) is 31.2 Å². The number of carbonyl (C=O) groups is 1. The summed E-state index contributed by atoms with van der Waals surface area (Å²) in [5.41, 5.74) is 1.69. The van der Waals surface area contributed by atoms with E-state index < -0.39 is 0 Å². The summed E-state index contributed by atoms with van der Waals surface area (Å²) in [6, 6.07) is 17.2. The highest BCUT2D eigenvalue weighted by Gasteiger charge is 2.23. The summed E-state index contributed by atoms with van der Waals surface area (Å²) < 4.78 is 7.24. The van der Waals surface area contributed by atoms with E-state index in [-0.39, 0.29) is 11.2 Å². The average Bonchev–Trinajstić information content (AvgIpc) is 3.15. The molecule has 0 unspecified atom stereocenters. The van der Waals surface area contributed by atoms with E-state index in [9.17, 15) is 4.79 Å². The van der Waals surface area contributed by atoms with Crippen LogP contribution in [0.3, 0.4) is 0 Å². The average molecular weight is 368 g/mol. The second kappa shape index (κ2) is 8.05. The van der Waals surface area contributed by atoms with Crippen molar-refractivity contribution >= 4 is 23.4 Å². The molecule has 0 aliphatic heterocycles. The van der Waals surface area contributed by atoms with Crippen LogP contribution in [0.1, 0.15) is 6.92 Å². The second-order valence-electron chi connectivity index (χ2n) is 5.65. The standard InChI is InChI=1S/C19H20N4O2S/c1-14(18(24)22(2)15-9-5-4-6-10-15)26-19-21-20-13-23(19)16-11-7-8-12-17(16)25-3/h4-14H,1-3H3/t14-/m0/s1. The molecule has 6 nitrogen and oxygen atoms in total. The smallest absolute Gasteiger partial charge is 0.240 e. The van der Waals surface area contributed by atoms with Gasteiger partial charge in [0, 0.05) is 12.7 Å². The van der Waals surface area contributed by atoms with Crippen LogP contribution in [-0.4, -0.2) is 40.1 Å². The minimum atomic E-state index is -0.321. The van der Waals surface area contributed by atoms with Crippen molar-refractivity contribution in [3.63, 3.8) is 0 Å². The minimum Gasteiger partial charge on any atom is -0.495 e. The van der Waals surface area contributed by atoms with Crippen LogP contribution in [0.5, 0.6) is 5.75 Å². The fourth-order valence-corrected chi connectivity index (χ4v) is 3.49. The Balaban J connectivity index is 1.80. The molecule has 0 radical (unpaired) electrons. The molecule has 0 saturated carbocycles. The highest BCUT2D eigenvalue weighted by atomic mass is 32.2. The maximum Gasteiger partial charge on any atom is 0.240 e. The number of hydrogen-bond acceptors (Lipinski definition) is 5. The molecule has 0 saturated heterocycles. The van der Waals surface area contributed by atoms with Crippen molar-refractivity contribution in [2.45, 2.75) is 17.3 Å². The van der Waals surface area contributed by atoms with Crippen molar-refractivity contribution < 1.29 is 9.53 Å². The molecule has 0 aliphatic rings. The Morgan fingerprint density at radius 2 is 1.85 bits per heavy atom. The summed E-state index contributed by atoms with van der Waals surface area (Å²) in [6.45, 7) is 1.87. The summed E-state index contributed by atoms with van der Waals surface area (Å²) in [4.78, 5) is 14.4. The molecule has 1 atom stereocenters. The topological polar surface area (TPSA) is 60.2 Å². The molecular weight excluding hydrogens is 348 g/mol. The second-order valence-corrected chi connectivity index (χ2v) is 6.96. The van der Waals surface area contributed by atoms with E-state index in [1.54, 1.807) is 25.4 Å². The van der Waals surface area contributed by atoms with E-state index >= 15 is 0 Å². The fraction of sp³-hybridized carbons (Fsp3) is 0.211. The number of ether oxygens (including phenoxy) is 1. The maximum absolute atomic E-state index is 12.8. The van der Waals surface area contributed by atoms with E-state index in [2.05, 4.69) is 10.2 Å². The van der Waals surface area contributed by atoms with Crippen molar-refractivity contribution in [3.05, 3.63) is 60.9 Å². The molecule has 2 aromatic carbocycles.